The molecule has 128 valence electrons. The van der Waals surface area contributed by atoms with Crippen LogP contribution in [0.15, 0.2) is 24.3 Å². The van der Waals surface area contributed by atoms with Crippen LogP contribution in [0, 0.1) is 12.8 Å². The van der Waals surface area contributed by atoms with Gasteiger partial charge < -0.3 is 10.6 Å². The van der Waals surface area contributed by atoms with Gasteiger partial charge in [0.15, 0.2) is 5.11 Å². The zero-order chi connectivity index (χ0) is 17.3. The Balaban J connectivity index is 1.65. The Bertz CT molecular complexity index is 683. The minimum atomic E-state index is -0.768. The van der Waals surface area contributed by atoms with Gasteiger partial charge in [-0.3, -0.25) is 10.2 Å². The molecule has 1 aliphatic carbocycles. The number of thiocarbonyl (C=S) groups is 1. The van der Waals surface area contributed by atoms with Crippen molar-refractivity contribution in [1.29, 1.82) is 0 Å². The van der Waals surface area contributed by atoms with Crippen LogP contribution in [0.4, 0.5) is 10.5 Å². The molecule has 1 aromatic carbocycles. The predicted octanol–water partition coefficient (Wildman–Crippen LogP) is 2.70. The highest BCUT2D eigenvalue weighted by Crippen LogP contribution is 2.35. The smallest absolute Gasteiger partial charge is 0.331 e. The number of hydrogen-bond donors (Lipinski definition) is 3. The molecule has 3 amide bonds. The first-order valence-corrected chi connectivity index (χ1v) is 8.61. The van der Waals surface area contributed by atoms with Crippen molar-refractivity contribution in [3.8, 4) is 0 Å². The van der Waals surface area contributed by atoms with Crippen LogP contribution in [-0.2, 0) is 4.79 Å². The van der Waals surface area contributed by atoms with Crippen LogP contribution in [0.1, 0.15) is 38.2 Å². The van der Waals surface area contributed by atoms with Crippen LogP contribution in [-0.4, -0.2) is 27.6 Å². The Morgan fingerprint density at radius 1 is 1.33 bits per heavy atom. The summed E-state index contributed by atoms with van der Waals surface area (Å²) in [4.78, 5) is 25.0. The maximum absolute atomic E-state index is 12.7. The summed E-state index contributed by atoms with van der Waals surface area (Å²) in [6, 6.07) is 7.25. The van der Waals surface area contributed by atoms with Gasteiger partial charge in [-0.1, -0.05) is 19.1 Å². The van der Waals surface area contributed by atoms with E-state index in [1.54, 1.807) is 0 Å². The number of carbonyl (C=O) groups is 2. The van der Waals surface area contributed by atoms with Crippen LogP contribution in [0.3, 0.4) is 0 Å². The summed E-state index contributed by atoms with van der Waals surface area (Å²) in [6.45, 7) is 4.15. The minimum Gasteiger partial charge on any atom is -0.331 e. The molecule has 0 unspecified atom stereocenters. The maximum Gasteiger partial charge on any atom is 0.344 e. The molecule has 0 atom stereocenters. The lowest BCUT2D eigenvalue weighted by Gasteiger charge is -2.33. The standard InChI is InChI=1S/C17H22N4O2S/c1-11-6-8-17(9-7-11)14(22)21(16(23)19-17)20-15(24)18-13-5-3-4-12(2)10-13/h3-5,10-11H,6-9H2,1-2H3,(H,19,23)(H2,18,20,24). The van der Waals surface area contributed by atoms with Crippen molar-refractivity contribution in [3.05, 3.63) is 29.8 Å². The molecule has 1 saturated carbocycles. The van der Waals surface area contributed by atoms with Gasteiger partial charge in [-0.15, -0.1) is 0 Å². The van der Waals surface area contributed by atoms with Gasteiger partial charge in [-0.05, 0) is 68.4 Å². The molecule has 1 aliphatic heterocycles. The zero-order valence-corrected chi connectivity index (χ0v) is 14.7. The van der Waals surface area contributed by atoms with Gasteiger partial charge in [0.25, 0.3) is 5.91 Å². The highest BCUT2D eigenvalue weighted by molar-refractivity contribution is 7.80. The Morgan fingerprint density at radius 2 is 2.04 bits per heavy atom. The Labute approximate surface area is 146 Å². The number of amides is 3. The van der Waals surface area contributed by atoms with Gasteiger partial charge >= 0.3 is 6.03 Å². The van der Waals surface area contributed by atoms with Crippen molar-refractivity contribution in [2.45, 2.75) is 45.1 Å². The number of benzene rings is 1. The topological polar surface area (TPSA) is 73.5 Å². The van der Waals surface area contributed by atoms with E-state index in [1.807, 2.05) is 31.2 Å². The monoisotopic (exact) mass is 346 g/mol. The summed E-state index contributed by atoms with van der Waals surface area (Å²) < 4.78 is 0. The van der Waals surface area contributed by atoms with Crippen molar-refractivity contribution < 1.29 is 9.59 Å². The van der Waals surface area contributed by atoms with E-state index in [-0.39, 0.29) is 11.0 Å². The first kappa shape index (κ1) is 16.7. The van der Waals surface area contributed by atoms with E-state index in [2.05, 4.69) is 23.0 Å². The summed E-state index contributed by atoms with van der Waals surface area (Å²) in [6.07, 6.45) is 3.22. The first-order valence-electron chi connectivity index (χ1n) is 8.21. The second-order valence-electron chi connectivity index (χ2n) is 6.77. The Morgan fingerprint density at radius 3 is 2.71 bits per heavy atom. The number of hydrogen-bond acceptors (Lipinski definition) is 3. The molecule has 2 fully saturated rings. The molecular weight excluding hydrogens is 324 g/mol. The van der Waals surface area contributed by atoms with E-state index in [4.69, 9.17) is 12.2 Å². The average molecular weight is 346 g/mol. The zero-order valence-electron chi connectivity index (χ0n) is 13.9. The van der Waals surface area contributed by atoms with Gasteiger partial charge in [0.05, 0.1) is 0 Å². The molecule has 7 heteroatoms. The van der Waals surface area contributed by atoms with Gasteiger partial charge in [-0.25, -0.2) is 4.79 Å². The molecule has 0 aromatic heterocycles. The molecule has 0 bridgehead atoms. The number of rotatable bonds is 2. The Hall–Kier alpha value is -2.15. The summed E-state index contributed by atoms with van der Waals surface area (Å²) in [5.74, 6) is 0.346. The molecule has 0 radical (unpaired) electrons. The lowest BCUT2D eigenvalue weighted by molar-refractivity contribution is -0.133. The molecule has 24 heavy (non-hydrogen) atoms. The molecule has 1 aromatic rings. The van der Waals surface area contributed by atoms with Crippen LogP contribution < -0.4 is 16.1 Å². The van der Waals surface area contributed by atoms with Crippen LogP contribution >= 0.6 is 12.2 Å². The van der Waals surface area contributed by atoms with Gasteiger partial charge in [0.2, 0.25) is 0 Å². The molecule has 6 nitrogen and oxygen atoms in total. The lowest BCUT2D eigenvalue weighted by atomic mass is 9.77. The highest BCUT2D eigenvalue weighted by atomic mass is 32.1. The molecule has 2 aliphatic rings. The molecule has 1 heterocycles. The molecular formula is C17H22N4O2S. The number of nitrogens with zero attached hydrogens (tertiary/aromatic N) is 1. The van der Waals surface area contributed by atoms with Crippen molar-refractivity contribution in [2.24, 2.45) is 5.92 Å². The quantitative estimate of drug-likeness (QED) is 0.567. The van der Waals surface area contributed by atoms with Crippen molar-refractivity contribution >= 4 is 35.0 Å². The lowest BCUT2D eigenvalue weighted by Crippen LogP contribution is -2.52. The van der Waals surface area contributed by atoms with E-state index in [0.29, 0.717) is 18.8 Å². The van der Waals surface area contributed by atoms with Crippen LogP contribution in [0.2, 0.25) is 0 Å². The molecule has 3 N–H and O–H groups in total. The number of carbonyl (C=O) groups excluding carboxylic acids is 2. The molecule has 1 saturated heterocycles. The third-order valence-electron chi connectivity index (χ3n) is 4.78. The van der Waals surface area contributed by atoms with Crippen LogP contribution in [0.25, 0.3) is 0 Å². The SMILES string of the molecule is Cc1cccc(NC(=S)NN2C(=O)NC3(CCC(C)CC3)C2=O)c1. The fourth-order valence-electron chi connectivity index (χ4n) is 3.30. The van der Waals surface area contributed by atoms with E-state index in [0.717, 1.165) is 29.1 Å². The van der Waals surface area contributed by atoms with E-state index in [9.17, 15) is 9.59 Å². The second-order valence-corrected chi connectivity index (χ2v) is 7.18. The van der Waals surface area contributed by atoms with Gasteiger partial charge in [0.1, 0.15) is 5.54 Å². The molecule has 3 rings (SSSR count). The number of aryl methyl sites for hydroxylation is 1. The molecule has 1 spiro atoms. The van der Waals surface area contributed by atoms with Crippen molar-refractivity contribution in [2.75, 3.05) is 5.32 Å². The maximum atomic E-state index is 12.7. The fraction of sp³-hybridized carbons (Fsp3) is 0.471. The summed E-state index contributed by atoms with van der Waals surface area (Å²) in [5.41, 5.74) is 3.85. The van der Waals surface area contributed by atoms with Gasteiger partial charge in [0, 0.05) is 5.69 Å². The fourth-order valence-corrected chi connectivity index (χ4v) is 3.51. The number of urea groups is 1. The second kappa shape index (κ2) is 6.39. The predicted molar refractivity (Wildman–Crippen MR) is 96.3 cm³/mol. The third kappa shape index (κ3) is 3.21. The van der Waals surface area contributed by atoms with E-state index in [1.165, 1.54) is 0 Å². The Kier molecular flexibility index (Phi) is 4.45. The number of nitrogens with one attached hydrogen (secondary N) is 3. The average Bonchev–Trinajstić information content (AvgIpc) is 2.75. The van der Waals surface area contributed by atoms with Gasteiger partial charge in [-0.2, -0.15) is 5.01 Å². The third-order valence-corrected chi connectivity index (χ3v) is 4.97. The summed E-state index contributed by atoms with van der Waals surface area (Å²) in [5, 5.41) is 7.07. The summed E-state index contributed by atoms with van der Waals surface area (Å²) in [7, 11) is 0. The largest absolute Gasteiger partial charge is 0.344 e. The van der Waals surface area contributed by atoms with Crippen molar-refractivity contribution in [3.63, 3.8) is 0 Å². The minimum absolute atomic E-state index is 0.213. The number of anilines is 1. The van der Waals surface area contributed by atoms with E-state index < -0.39 is 11.6 Å². The number of imide groups is 1. The number of hydrazine groups is 1. The first-order chi connectivity index (χ1) is 11.4. The summed E-state index contributed by atoms with van der Waals surface area (Å²) >= 11 is 5.23. The highest BCUT2D eigenvalue weighted by Gasteiger charge is 2.52. The normalized spacial score (nSPS) is 26.4. The van der Waals surface area contributed by atoms with E-state index >= 15 is 0 Å². The van der Waals surface area contributed by atoms with Crippen LogP contribution in [0.5, 0.6) is 0 Å². The van der Waals surface area contributed by atoms with Crippen molar-refractivity contribution in [1.82, 2.24) is 15.8 Å².